The van der Waals surface area contributed by atoms with Crippen LogP contribution in [0.2, 0.25) is 0 Å². The van der Waals surface area contributed by atoms with Crippen LogP contribution in [0, 0.1) is 5.92 Å². The molecular weight excluding hydrogens is 226 g/mol. The van der Waals surface area contributed by atoms with E-state index < -0.39 is 0 Å². The van der Waals surface area contributed by atoms with E-state index in [0.717, 1.165) is 5.56 Å². The first-order chi connectivity index (χ1) is 8.56. The Kier molecular flexibility index (Phi) is 5.86. The largest absolute Gasteiger partial charge is 0.469 e. The Labute approximate surface area is 110 Å². The molecule has 0 aliphatic heterocycles. The first-order valence-corrected chi connectivity index (χ1v) is 6.42. The Morgan fingerprint density at radius 2 is 1.83 bits per heavy atom. The van der Waals surface area contributed by atoms with E-state index >= 15 is 0 Å². The molecule has 3 heteroatoms. The molecule has 2 atom stereocenters. The third kappa shape index (κ3) is 4.15. The highest BCUT2D eigenvalue weighted by Gasteiger charge is 2.22. The molecule has 0 bridgehead atoms. The number of nitrogens with one attached hydrogen (secondary N) is 1. The summed E-state index contributed by atoms with van der Waals surface area (Å²) in [5.41, 5.74) is 0.993. The third-order valence-electron chi connectivity index (χ3n) is 3.33. The molecule has 0 amide bonds. The summed E-state index contributed by atoms with van der Waals surface area (Å²) in [5, 5.41) is 3.40. The molecule has 0 radical (unpaired) electrons. The maximum absolute atomic E-state index is 11.8. The van der Waals surface area contributed by atoms with Gasteiger partial charge in [0, 0.05) is 12.6 Å². The van der Waals surface area contributed by atoms with E-state index in [1.54, 1.807) is 0 Å². The van der Waals surface area contributed by atoms with Crippen molar-refractivity contribution in [3.63, 3.8) is 0 Å². The minimum Gasteiger partial charge on any atom is -0.469 e. The van der Waals surface area contributed by atoms with Gasteiger partial charge in [-0.1, -0.05) is 44.2 Å². The van der Waals surface area contributed by atoms with Crippen LogP contribution in [0.1, 0.15) is 32.3 Å². The molecule has 0 saturated carbocycles. The molecule has 0 spiro atoms. The lowest BCUT2D eigenvalue weighted by atomic mass is 9.98. The van der Waals surface area contributed by atoms with Gasteiger partial charge in [0.25, 0.3) is 0 Å². The van der Waals surface area contributed by atoms with Crippen LogP contribution >= 0.6 is 0 Å². The van der Waals surface area contributed by atoms with Crippen LogP contribution in [-0.2, 0) is 9.53 Å². The van der Waals surface area contributed by atoms with Crippen molar-refractivity contribution in [2.24, 2.45) is 5.92 Å². The molecule has 100 valence electrons. The fraction of sp³-hybridized carbons (Fsp3) is 0.533. The summed E-state index contributed by atoms with van der Waals surface area (Å²) in [4.78, 5) is 11.8. The molecule has 1 N–H and O–H groups in total. The van der Waals surface area contributed by atoms with Crippen molar-refractivity contribution < 1.29 is 9.53 Å². The number of rotatable bonds is 6. The van der Waals surface area contributed by atoms with Crippen LogP contribution in [0.5, 0.6) is 0 Å². The summed E-state index contributed by atoms with van der Waals surface area (Å²) in [6.07, 6.45) is 0. The molecule has 0 heterocycles. The van der Waals surface area contributed by atoms with Crippen molar-refractivity contribution in [3.05, 3.63) is 35.9 Å². The molecule has 1 aromatic rings. The predicted octanol–water partition coefficient (Wildman–Crippen LogP) is 2.58. The minimum absolute atomic E-state index is 0.190. The maximum atomic E-state index is 11.8. The van der Waals surface area contributed by atoms with Crippen LogP contribution in [-0.4, -0.2) is 25.7 Å². The quantitative estimate of drug-likeness (QED) is 0.787. The van der Waals surface area contributed by atoms with Crippen molar-refractivity contribution in [3.8, 4) is 0 Å². The van der Waals surface area contributed by atoms with Gasteiger partial charge in [0.15, 0.2) is 0 Å². The van der Waals surface area contributed by atoms with Gasteiger partial charge in [-0.3, -0.25) is 4.79 Å². The Morgan fingerprint density at radius 1 is 1.22 bits per heavy atom. The number of benzene rings is 1. The summed E-state index contributed by atoms with van der Waals surface area (Å²) >= 11 is 0. The number of hydrogen-bond acceptors (Lipinski definition) is 3. The summed E-state index contributed by atoms with van der Waals surface area (Å²) in [5.74, 6) is 0.112. The van der Waals surface area contributed by atoms with Gasteiger partial charge in [-0.15, -0.1) is 0 Å². The molecule has 1 aromatic carbocycles. The summed E-state index contributed by atoms with van der Waals surface area (Å²) in [7, 11) is 1.43. The van der Waals surface area contributed by atoms with Gasteiger partial charge in [0.1, 0.15) is 0 Å². The second kappa shape index (κ2) is 7.17. The summed E-state index contributed by atoms with van der Waals surface area (Å²) < 4.78 is 4.88. The van der Waals surface area contributed by atoms with E-state index in [-0.39, 0.29) is 11.9 Å². The fourth-order valence-corrected chi connectivity index (χ4v) is 1.70. The van der Waals surface area contributed by atoms with Crippen LogP contribution in [0.4, 0.5) is 0 Å². The second-order valence-electron chi connectivity index (χ2n) is 4.93. The van der Waals surface area contributed by atoms with Gasteiger partial charge in [-0.05, 0) is 18.4 Å². The SMILES string of the molecule is COC(=O)C(CNC(C)C(C)C)c1ccccc1. The predicted molar refractivity (Wildman–Crippen MR) is 73.5 cm³/mol. The molecule has 18 heavy (non-hydrogen) atoms. The Balaban J connectivity index is 2.72. The van der Waals surface area contributed by atoms with E-state index in [2.05, 4.69) is 26.1 Å². The number of esters is 1. The minimum atomic E-state index is -0.239. The van der Waals surface area contributed by atoms with Gasteiger partial charge in [0.05, 0.1) is 13.0 Å². The molecule has 0 aliphatic carbocycles. The standard InChI is InChI=1S/C15H23NO2/c1-11(2)12(3)16-10-14(15(17)18-4)13-8-6-5-7-9-13/h5-9,11-12,14,16H,10H2,1-4H3. The highest BCUT2D eigenvalue weighted by Crippen LogP contribution is 2.17. The lowest BCUT2D eigenvalue weighted by molar-refractivity contribution is -0.142. The topological polar surface area (TPSA) is 38.3 Å². The van der Waals surface area contributed by atoms with Crippen LogP contribution < -0.4 is 5.32 Å². The zero-order chi connectivity index (χ0) is 13.5. The van der Waals surface area contributed by atoms with E-state index in [1.807, 2.05) is 30.3 Å². The average molecular weight is 249 g/mol. The van der Waals surface area contributed by atoms with E-state index in [0.29, 0.717) is 18.5 Å². The van der Waals surface area contributed by atoms with E-state index in [9.17, 15) is 4.79 Å². The van der Waals surface area contributed by atoms with E-state index in [4.69, 9.17) is 4.74 Å². The van der Waals surface area contributed by atoms with Crippen molar-refractivity contribution in [1.29, 1.82) is 0 Å². The Morgan fingerprint density at radius 3 is 2.33 bits per heavy atom. The normalized spacial score (nSPS) is 14.3. The molecule has 2 unspecified atom stereocenters. The zero-order valence-electron chi connectivity index (χ0n) is 11.6. The smallest absolute Gasteiger partial charge is 0.314 e. The first kappa shape index (κ1) is 14.7. The first-order valence-electron chi connectivity index (χ1n) is 6.42. The molecule has 1 rings (SSSR count). The van der Waals surface area contributed by atoms with Crippen LogP contribution in [0.15, 0.2) is 30.3 Å². The third-order valence-corrected chi connectivity index (χ3v) is 3.33. The molecule has 0 aliphatic rings. The number of carbonyl (C=O) groups excluding carboxylic acids is 1. The highest BCUT2D eigenvalue weighted by molar-refractivity contribution is 5.78. The zero-order valence-corrected chi connectivity index (χ0v) is 11.6. The van der Waals surface area contributed by atoms with Gasteiger partial charge in [-0.25, -0.2) is 0 Å². The van der Waals surface area contributed by atoms with Gasteiger partial charge >= 0.3 is 5.97 Å². The van der Waals surface area contributed by atoms with Crippen molar-refractivity contribution in [2.45, 2.75) is 32.7 Å². The number of methoxy groups -OCH3 is 1. The number of ether oxygens (including phenoxy) is 1. The molecular formula is C15H23NO2. The molecule has 0 aromatic heterocycles. The monoisotopic (exact) mass is 249 g/mol. The van der Waals surface area contributed by atoms with Gasteiger partial charge in [-0.2, -0.15) is 0 Å². The number of carbonyl (C=O) groups is 1. The lowest BCUT2D eigenvalue weighted by Crippen LogP contribution is -2.36. The van der Waals surface area contributed by atoms with E-state index in [1.165, 1.54) is 7.11 Å². The Bertz CT molecular complexity index is 362. The van der Waals surface area contributed by atoms with Gasteiger partial charge in [0.2, 0.25) is 0 Å². The molecule has 3 nitrogen and oxygen atoms in total. The van der Waals surface area contributed by atoms with Crippen LogP contribution in [0.25, 0.3) is 0 Å². The number of hydrogen-bond donors (Lipinski definition) is 1. The fourth-order valence-electron chi connectivity index (χ4n) is 1.70. The maximum Gasteiger partial charge on any atom is 0.314 e. The van der Waals surface area contributed by atoms with Crippen molar-refractivity contribution >= 4 is 5.97 Å². The molecule has 0 fully saturated rings. The Hall–Kier alpha value is -1.35. The summed E-state index contributed by atoms with van der Waals surface area (Å²) in [6.45, 7) is 7.06. The molecule has 0 saturated heterocycles. The van der Waals surface area contributed by atoms with Crippen LogP contribution in [0.3, 0.4) is 0 Å². The van der Waals surface area contributed by atoms with Crippen molar-refractivity contribution in [2.75, 3.05) is 13.7 Å². The summed E-state index contributed by atoms with van der Waals surface area (Å²) in [6, 6.07) is 10.1. The highest BCUT2D eigenvalue weighted by atomic mass is 16.5. The lowest BCUT2D eigenvalue weighted by Gasteiger charge is -2.21. The van der Waals surface area contributed by atoms with Crippen molar-refractivity contribution in [1.82, 2.24) is 5.32 Å². The average Bonchev–Trinajstić information content (AvgIpc) is 2.39. The second-order valence-corrected chi connectivity index (χ2v) is 4.93. The van der Waals surface area contributed by atoms with Gasteiger partial charge < -0.3 is 10.1 Å².